The summed E-state index contributed by atoms with van der Waals surface area (Å²) >= 11 is 0. The van der Waals surface area contributed by atoms with Gasteiger partial charge in [0.05, 0.1) is 22.4 Å². The number of rotatable bonds is 2. The molecule has 1 aromatic heterocycles. The highest BCUT2D eigenvalue weighted by atomic mass is 19.1. The molecule has 0 radical (unpaired) electrons. The molecule has 4 aromatic rings. The topological polar surface area (TPSA) is 8.81 Å². The van der Waals surface area contributed by atoms with Crippen molar-refractivity contribution in [3.8, 4) is 11.4 Å². The molecule has 0 fully saturated rings. The molecule has 3 aromatic carbocycles. The van der Waals surface area contributed by atoms with Crippen molar-refractivity contribution in [3.63, 3.8) is 0 Å². The first kappa shape index (κ1) is 13.6. The van der Waals surface area contributed by atoms with Gasteiger partial charge in [-0.05, 0) is 36.4 Å². The van der Waals surface area contributed by atoms with E-state index in [1.54, 1.807) is 21.3 Å². The Labute approximate surface area is 131 Å². The van der Waals surface area contributed by atoms with Gasteiger partial charge in [0.25, 0.3) is 6.33 Å². The van der Waals surface area contributed by atoms with Crippen molar-refractivity contribution in [2.24, 2.45) is 0 Å². The number of halogens is 2. The molecule has 0 atom stereocenters. The van der Waals surface area contributed by atoms with Gasteiger partial charge < -0.3 is 0 Å². The molecule has 0 unspecified atom stereocenters. The highest BCUT2D eigenvalue weighted by molar-refractivity contribution is 5.74. The van der Waals surface area contributed by atoms with E-state index in [-0.39, 0.29) is 11.6 Å². The van der Waals surface area contributed by atoms with Crippen LogP contribution in [-0.4, -0.2) is 4.57 Å². The second-order valence-corrected chi connectivity index (χ2v) is 5.22. The fourth-order valence-electron chi connectivity index (χ4n) is 2.67. The number of fused-ring (bicyclic) bond motifs is 1. The summed E-state index contributed by atoms with van der Waals surface area (Å²) in [4.78, 5) is 0. The van der Waals surface area contributed by atoms with Crippen molar-refractivity contribution >= 4 is 11.0 Å². The lowest BCUT2D eigenvalue weighted by Gasteiger charge is -2.02. The molecule has 0 bridgehead atoms. The van der Waals surface area contributed by atoms with Gasteiger partial charge in [-0.15, -0.1) is 0 Å². The zero-order chi connectivity index (χ0) is 15.8. The zero-order valence-corrected chi connectivity index (χ0v) is 12.1. The quantitative estimate of drug-likeness (QED) is 0.391. The van der Waals surface area contributed by atoms with Crippen LogP contribution in [0.5, 0.6) is 0 Å². The Morgan fingerprint density at radius 1 is 0.783 bits per heavy atom. The molecule has 0 amide bonds. The van der Waals surface area contributed by atoms with Gasteiger partial charge in [0.1, 0.15) is 11.6 Å². The van der Waals surface area contributed by atoms with Gasteiger partial charge in [0, 0.05) is 0 Å². The molecule has 2 nitrogen and oxygen atoms in total. The molecule has 0 aliphatic carbocycles. The van der Waals surface area contributed by atoms with Gasteiger partial charge in [0.2, 0.25) is 0 Å². The molecule has 0 aliphatic heterocycles. The van der Waals surface area contributed by atoms with Crippen LogP contribution >= 0.6 is 0 Å². The van der Waals surface area contributed by atoms with Crippen molar-refractivity contribution in [1.82, 2.24) is 4.57 Å². The predicted molar refractivity (Wildman–Crippen MR) is 83.6 cm³/mol. The molecule has 1 heterocycles. The SMILES string of the molecule is Fc1cccc(-n2[c-][n+](-c3cccc(F)c3)c3ccccc32)c1. The van der Waals surface area contributed by atoms with E-state index in [0.717, 1.165) is 11.0 Å². The van der Waals surface area contributed by atoms with Gasteiger partial charge in [0.15, 0.2) is 0 Å². The maximum atomic E-state index is 13.6. The second-order valence-electron chi connectivity index (χ2n) is 5.22. The summed E-state index contributed by atoms with van der Waals surface area (Å²) < 4.78 is 30.6. The Bertz CT molecular complexity index is 926. The summed E-state index contributed by atoms with van der Waals surface area (Å²) in [6.07, 6.45) is 3.18. The lowest BCUT2D eigenvalue weighted by atomic mass is 10.2. The summed E-state index contributed by atoms with van der Waals surface area (Å²) in [5.74, 6) is -0.628. The Balaban J connectivity index is 2.01. The summed E-state index contributed by atoms with van der Waals surface area (Å²) in [5.41, 5.74) is 3.05. The third-order valence-corrected chi connectivity index (χ3v) is 3.70. The molecule has 23 heavy (non-hydrogen) atoms. The largest absolute Gasteiger partial charge is 0.292 e. The number of hydrogen-bond donors (Lipinski definition) is 0. The maximum Gasteiger partial charge on any atom is 0.269 e. The van der Waals surface area contributed by atoms with E-state index in [1.165, 1.54) is 24.3 Å². The normalized spacial score (nSPS) is 11.0. The van der Waals surface area contributed by atoms with E-state index in [0.29, 0.717) is 11.4 Å². The lowest BCUT2D eigenvalue weighted by molar-refractivity contribution is -0.572. The van der Waals surface area contributed by atoms with Gasteiger partial charge >= 0.3 is 0 Å². The first-order valence-corrected chi connectivity index (χ1v) is 7.19. The first-order valence-electron chi connectivity index (χ1n) is 7.19. The highest BCUT2D eigenvalue weighted by Crippen LogP contribution is 2.19. The summed E-state index contributed by atoms with van der Waals surface area (Å²) in [6, 6.07) is 20.3. The van der Waals surface area contributed by atoms with Crippen molar-refractivity contribution in [1.29, 1.82) is 0 Å². The van der Waals surface area contributed by atoms with Crippen LogP contribution in [0.1, 0.15) is 0 Å². The van der Waals surface area contributed by atoms with Crippen LogP contribution in [0.4, 0.5) is 8.78 Å². The number of benzene rings is 3. The lowest BCUT2D eigenvalue weighted by Crippen LogP contribution is -2.29. The number of hydrogen-bond acceptors (Lipinski definition) is 0. The molecule has 0 saturated carbocycles. The van der Waals surface area contributed by atoms with E-state index in [2.05, 4.69) is 6.33 Å². The van der Waals surface area contributed by atoms with E-state index >= 15 is 0 Å². The van der Waals surface area contributed by atoms with E-state index in [9.17, 15) is 8.78 Å². The Hall–Kier alpha value is -3.01. The Morgan fingerprint density at radius 2 is 1.52 bits per heavy atom. The molecule has 4 rings (SSSR count). The van der Waals surface area contributed by atoms with Crippen molar-refractivity contribution < 1.29 is 13.3 Å². The summed E-state index contributed by atoms with van der Waals surface area (Å²) in [6.45, 7) is 0. The number of aromatic nitrogens is 2. The Kier molecular flexibility index (Phi) is 3.15. The molecule has 112 valence electrons. The molecule has 4 heteroatoms. The third-order valence-electron chi connectivity index (χ3n) is 3.70. The van der Waals surface area contributed by atoms with Crippen LogP contribution in [0.3, 0.4) is 0 Å². The van der Waals surface area contributed by atoms with Crippen molar-refractivity contribution in [2.75, 3.05) is 0 Å². The summed E-state index contributed by atoms with van der Waals surface area (Å²) in [7, 11) is 0. The number of imidazole rings is 1. The Morgan fingerprint density at radius 3 is 2.30 bits per heavy atom. The maximum absolute atomic E-state index is 13.6. The van der Waals surface area contributed by atoms with Crippen molar-refractivity contribution in [2.45, 2.75) is 0 Å². The minimum atomic E-state index is -0.314. The molecular weight excluding hydrogens is 294 g/mol. The highest BCUT2D eigenvalue weighted by Gasteiger charge is 2.12. The molecule has 0 spiro atoms. The van der Waals surface area contributed by atoms with Gasteiger partial charge in [-0.25, -0.2) is 8.78 Å². The van der Waals surface area contributed by atoms with Crippen LogP contribution in [0.2, 0.25) is 0 Å². The average molecular weight is 306 g/mol. The van der Waals surface area contributed by atoms with Gasteiger partial charge in [-0.3, -0.25) is 9.13 Å². The van der Waals surface area contributed by atoms with Crippen LogP contribution in [0.15, 0.2) is 72.8 Å². The molecule has 0 saturated heterocycles. The molecular formula is C19H12F2N2. The fraction of sp³-hybridized carbons (Fsp3) is 0. The average Bonchev–Trinajstić information content (AvgIpc) is 2.95. The van der Waals surface area contributed by atoms with E-state index in [1.807, 2.05) is 36.4 Å². The number of para-hydroxylation sites is 2. The zero-order valence-electron chi connectivity index (χ0n) is 12.1. The summed E-state index contributed by atoms with van der Waals surface area (Å²) in [5, 5.41) is 0. The minimum absolute atomic E-state index is 0.314. The van der Waals surface area contributed by atoms with Crippen LogP contribution < -0.4 is 4.57 Å². The predicted octanol–water partition coefficient (Wildman–Crippen LogP) is 3.99. The first-order chi connectivity index (χ1) is 11.2. The van der Waals surface area contributed by atoms with Crippen LogP contribution in [0, 0.1) is 18.0 Å². The molecule has 0 N–H and O–H groups in total. The minimum Gasteiger partial charge on any atom is -0.292 e. The van der Waals surface area contributed by atoms with Crippen LogP contribution in [-0.2, 0) is 0 Å². The van der Waals surface area contributed by atoms with Crippen LogP contribution in [0.25, 0.3) is 22.4 Å². The monoisotopic (exact) mass is 306 g/mol. The third kappa shape index (κ3) is 2.38. The van der Waals surface area contributed by atoms with Gasteiger partial charge in [-0.1, -0.05) is 36.4 Å². The number of nitrogens with zero attached hydrogens (tertiary/aromatic N) is 2. The second kappa shape index (κ2) is 5.32. The molecule has 0 aliphatic rings. The standard InChI is InChI=1S/C19H12F2N2/c20-14-5-3-7-16(11-14)22-13-23(17-8-4-6-15(21)12-17)19-10-2-1-9-18(19)22/h1-12H. The van der Waals surface area contributed by atoms with Gasteiger partial charge in [-0.2, -0.15) is 0 Å². The van der Waals surface area contributed by atoms with E-state index in [4.69, 9.17) is 0 Å². The smallest absolute Gasteiger partial charge is 0.269 e. The van der Waals surface area contributed by atoms with E-state index < -0.39 is 0 Å². The fourth-order valence-corrected chi connectivity index (χ4v) is 2.67. The van der Waals surface area contributed by atoms with Crippen molar-refractivity contribution in [3.05, 3.63) is 90.8 Å².